The monoisotopic (exact) mass is 366 g/mol. The van der Waals surface area contributed by atoms with Gasteiger partial charge in [-0.1, -0.05) is 35.0 Å². The number of nitrogens with zero attached hydrogens (tertiary/aromatic N) is 3. The first kappa shape index (κ1) is 18.6. The maximum Gasteiger partial charge on any atom is 0.250 e. The molecule has 0 aliphatic carbocycles. The summed E-state index contributed by atoms with van der Waals surface area (Å²) in [5, 5.41) is 6.82. The maximum absolute atomic E-state index is 11.9. The SMILES string of the molecule is Cc1cccc(-c2noc(CCC(=O)NCCCn3ccccc3=O)n2)c1. The summed E-state index contributed by atoms with van der Waals surface area (Å²) >= 11 is 0. The average Bonchev–Trinajstić information content (AvgIpc) is 3.14. The van der Waals surface area contributed by atoms with Gasteiger partial charge in [-0.3, -0.25) is 9.59 Å². The first-order chi connectivity index (χ1) is 13.1. The first-order valence-corrected chi connectivity index (χ1v) is 8.93. The summed E-state index contributed by atoms with van der Waals surface area (Å²) in [6.45, 7) is 3.09. The highest BCUT2D eigenvalue weighted by atomic mass is 16.5. The van der Waals surface area contributed by atoms with Crippen LogP contribution in [0.25, 0.3) is 11.4 Å². The summed E-state index contributed by atoms with van der Waals surface area (Å²) in [6.07, 6.45) is 3.10. The van der Waals surface area contributed by atoms with Crippen molar-refractivity contribution < 1.29 is 9.32 Å². The number of pyridine rings is 1. The number of aromatic nitrogens is 3. The molecule has 0 atom stereocenters. The third-order valence-corrected chi connectivity index (χ3v) is 4.11. The number of aryl methyl sites for hydroxylation is 3. The van der Waals surface area contributed by atoms with Crippen LogP contribution < -0.4 is 10.9 Å². The van der Waals surface area contributed by atoms with Gasteiger partial charge in [-0.15, -0.1) is 0 Å². The Balaban J connectivity index is 1.41. The number of hydrogen-bond acceptors (Lipinski definition) is 5. The van der Waals surface area contributed by atoms with E-state index in [9.17, 15) is 9.59 Å². The number of amides is 1. The Hall–Kier alpha value is -3.22. The summed E-state index contributed by atoms with van der Waals surface area (Å²) in [4.78, 5) is 27.9. The number of carbonyl (C=O) groups excluding carboxylic acids is 1. The van der Waals surface area contributed by atoms with Gasteiger partial charge in [-0.05, 0) is 25.5 Å². The number of benzene rings is 1. The van der Waals surface area contributed by atoms with E-state index in [1.54, 1.807) is 16.8 Å². The molecule has 0 aliphatic rings. The summed E-state index contributed by atoms with van der Waals surface area (Å²) in [7, 11) is 0. The van der Waals surface area contributed by atoms with Crippen molar-refractivity contribution in [2.75, 3.05) is 6.54 Å². The predicted molar refractivity (Wildman–Crippen MR) is 101 cm³/mol. The zero-order chi connectivity index (χ0) is 19.1. The molecule has 0 saturated carbocycles. The molecule has 7 heteroatoms. The zero-order valence-corrected chi connectivity index (χ0v) is 15.2. The Morgan fingerprint density at radius 2 is 2.11 bits per heavy atom. The van der Waals surface area contributed by atoms with Gasteiger partial charge in [-0.2, -0.15) is 4.98 Å². The van der Waals surface area contributed by atoms with Crippen molar-refractivity contribution in [1.82, 2.24) is 20.0 Å². The van der Waals surface area contributed by atoms with Crippen molar-refractivity contribution in [2.24, 2.45) is 0 Å². The molecule has 0 unspecified atom stereocenters. The Morgan fingerprint density at radius 1 is 1.22 bits per heavy atom. The highest BCUT2D eigenvalue weighted by Crippen LogP contribution is 2.17. The zero-order valence-electron chi connectivity index (χ0n) is 15.2. The van der Waals surface area contributed by atoms with Gasteiger partial charge >= 0.3 is 0 Å². The van der Waals surface area contributed by atoms with Crippen LogP contribution in [0.5, 0.6) is 0 Å². The van der Waals surface area contributed by atoms with Gasteiger partial charge in [0.1, 0.15) is 0 Å². The Morgan fingerprint density at radius 3 is 2.93 bits per heavy atom. The van der Waals surface area contributed by atoms with Gasteiger partial charge in [-0.25, -0.2) is 0 Å². The first-order valence-electron chi connectivity index (χ1n) is 8.93. The molecule has 27 heavy (non-hydrogen) atoms. The lowest BCUT2D eigenvalue weighted by molar-refractivity contribution is -0.121. The summed E-state index contributed by atoms with van der Waals surface area (Å²) in [5.74, 6) is 0.894. The van der Waals surface area contributed by atoms with Crippen LogP contribution >= 0.6 is 0 Å². The summed E-state index contributed by atoms with van der Waals surface area (Å²) < 4.78 is 6.85. The van der Waals surface area contributed by atoms with Crippen molar-refractivity contribution >= 4 is 5.91 Å². The van der Waals surface area contributed by atoms with Crippen LogP contribution in [-0.4, -0.2) is 27.2 Å². The lowest BCUT2D eigenvalue weighted by Gasteiger charge is -2.06. The van der Waals surface area contributed by atoms with Gasteiger partial charge in [0, 0.05) is 43.8 Å². The lowest BCUT2D eigenvalue weighted by Crippen LogP contribution is -2.27. The van der Waals surface area contributed by atoms with Crippen molar-refractivity contribution in [3.8, 4) is 11.4 Å². The van der Waals surface area contributed by atoms with Gasteiger partial charge in [0.15, 0.2) is 0 Å². The highest BCUT2D eigenvalue weighted by Gasteiger charge is 2.10. The molecule has 3 rings (SSSR count). The molecule has 1 amide bonds. The highest BCUT2D eigenvalue weighted by molar-refractivity contribution is 5.75. The fourth-order valence-corrected chi connectivity index (χ4v) is 2.69. The van der Waals surface area contributed by atoms with Crippen LogP contribution in [0.4, 0.5) is 0 Å². The van der Waals surface area contributed by atoms with Gasteiger partial charge < -0.3 is 14.4 Å². The van der Waals surface area contributed by atoms with Gasteiger partial charge in [0.2, 0.25) is 23.2 Å². The quantitative estimate of drug-likeness (QED) is 0.618. The lowest BCUT2D eigenvalue weighted by atomic mass is 10.1. The predicted octanol–water partition coefficient (Wildman–Crippen LogP) is 2.35. The largest absolute Gasteiger partial charge is 0.356 e. The Kier molecular flexibility index (Phi) is 6.14. The molecule has 1 aromatic carbocycles. The molecule has 7 nitrogen and oxygen atoms in total. The molecule has 3 aromatic rings. The van der Waals surface area contributed by atoms with E-state index < -0.39 is 0 Å². The minimum atomic E-state index is -0.0780. The van der Waals surface area contributed by atoms with E-state index in [0.29, 0.717) is 37.6 Å². The van der Waals surface area contributed by atoms with Crippen LogP contribution in [0.2, 0.25) is 0 Å². The summed E-state index contributed by atoms with van der Waals surface area (Å²) in [5.41, 5.74) is 1.98. The van der Waals surface area contributed by atoms with E-state index in [1.165, 1.54) is 6.07 Å². The molecule has 0 spiro atoms. The van der Waals surface area contributed by atoms with Crippen LogP contribution in [0.3, 0.4) is 0 Å². The molecule has 0 bridgehead atoms. The van der Waals surface area contributed by atoms with Crippen LogP contribution in [0.1, 0.15) is 24.3 Å². The normalized spacial score (nSPS) is 10.7. The third kappa shape index (κ3) is 5.37. The number of carbonyl (C=O) groups is 1. The molecule has 0 saturated heterocycles. The van der Waals surface area contributed by atoms with Crippen molar-refractivity contribution in [3.05, 3.63) is 70.5 Å². The molecular formula is C20H22N4O3. The molecular weight excluding hydrogens is 344 g/mol. The smallest absolute Gasteiger partial charge is 0.250 e. The third-order valence-electron chi connectivity index (χ3n) is 4.11. The fraction of sp³-hybridized carbons (Fsp3) is 0.300. The van der Waals surface area contributed by atoms with Crippen molar-refractivity contribution in [2.45, 2.75) is 32.7 Å². The summed E-state index contributed by atoms with van der Waals surface area (Å²) in [6, 6.07) is 12.9. The average molecular weight is 366 g/mol. The topological polar surface area (TPSA) is 90.0 Å². The fourth-order valence-electron chi connectivity index (χ4n) is 2.69. The minimum absolute atomic E-state index is 0.0374. The van der Waals surface area contributed by atoms with Crippen molar-refractivity contribution in [3.63, 3.8) is 0 Å². The Bertz CT molecular complexity index is 961. The van der Waals surface area contributed by atoms with E-state index in [0.717, 1.165) is 11.1 Å². The number of rotatable bonds is 8. The second-order valence-electron chi connectivity index (χ2n) is 6.32. The standard InChI is InChI=1S/C20H22N4O3/c1-15-6-4-7-16(14-15)20-22-18(27-23-20)10-9-17(25)21-11-5-13-24-12-3-2-8-19(24)26/h2-4,6-8,12,14H,5,9-11,13H2,1H3,(H,21,25). The second-order valence-corrected chi connectivity index (χ2v) is 6.32. The van der Waals surface area contributed by atoms with E-state index in [1.807, 2.05) is 37.3 Å². The molecule has 2 aromatic heterocycles. The van der Waals surface area contributed by atoms with E-state index >= 15 is 0 Å². The molecule has 1 N–H and O–H groups in total. The van der Waals surface area contributed by atoms with E-state index in [-0.39, 0.29) is 17.9 Å². The van der Waals surface area contributed by atoms with E-state index in [4.69, 9.17) is 4.52 Å². The molecule has 2 heterocycles. The minimum Gasteiger partial charge on any atom is -0.356 e. The van der Waals surface area contributed by atoms with Gasteiger partial charge in [0.05, 0.1) is 0 Å². The second kappa shape index (κ2) is 8.93. The molecule has 0 fully saturated rings. The Labute approximate surface area is 157 Å². The number of nitrogens with one attached hydrogen (secondary N) is 1. The molecule has 0 aliphatic heterocycles. The van der Waals surface area contributed by atoms with Crippen LogP contribution in [0.15, 0.2) is 58.0 Å². The molecule has 140 valence electrons. The van der Waals surface area contributed by atoms with Gasteiger partial charge in [0.25, 0.3) is 0 Å². The number of hydrogen-bond donors (Lipinski definition) is 1. The molecule has 0 radical (unpaired) electrons. The van der Waals surface area contributed by atoms with Crippen LogP contribution in [0, 0.1) is 6.92 Å². The maximum atomic E-state index is 11.9. The van der Waals surface area contributed by atoms with Crippen molar-refractivity contribution in [1.29, 1.82) is 0 Å². The van der Waals surface area contributed by atoms with E-state index in [2.05, 4.69) is 15.5 Å². The van der Waals surface area contributed by atoms with Crippen LogP contribution in [-0.2, 0) is 17.8 Å².